The summed E-state index contributed by atoms with van der Waals surface area (Å²) in [5.74, 6) is -0.261. The van der Waals surface area contributed by atoms with Crippen molar-refractivity contribution in [2.75, 3.05) is 19.6 Å². The third kappa shape index (κ3) is 3.81. The van der Waals surface area contributed by atoms with Crippen LogP contribution in [0, 0.1) is 0 Å². The van der Waals surface area contributed by atoms with Crippen LogP contribution in [0.1, 0.15) is 4.88 Å². The predicted octanol–water partition coefficient (Wildman–Crippen LogP) is 3.04. The van der Waals surface area contributed by atoms with Crippen LogP contribution < -0.4 is 5.32 Å². The second kappa shape index (κ2) is 6.98. The van der Waals surface area contributed by atoms with Crippen LogP contribution >= 0.6 is 22.9 Å². The van der Waals surface area contributed by atoms with E-state index in [9.17, 15) is 9.59 Å². The van der Waals surface area contributed by atoms with Crippen LogP contribution in [0.5, 0.6) is 0 Å². The first kappa shape index (κ1) is 15.8. The van der Waals surface area contributed by atoms with E-state index in [1.54, 1.807) is 17.4 Å². The average Bonchev–Trinajstić information content (AvgIpc) is 3.02. The quantitative estimate of drug-likeness (QED) is 0.868. The first-order valence-corrected chi connectivity index (χ1v) is 8.41. The van der Waals surface area contributed by atoms with Crippen molar-refractivity contribution in [3.63, 3.8) is 0 Å². The van der Waals surface area contributed by atoms with Crippen LogP contribution in [-0.4, -0.2) is 36.3 Å². The maximum Gasteiger partial charge on any atom is 0.247 e. The van der Waals surface area contributed by atoms with E-state index < -0.39 is 0 Å². The fourth-order valence-electron chi connectivity index (χ4n) is 2.33. The zero-order chi connectivity index (χ0) is 16.2. The van der Waals surface area contributed by atoms with Gasteiger partial charge in [0.05, 0.1) is 6.54 Å². The molecule has 4 nitrogen and oxygen atoms in total. The Hall–Kier alpha value is -2.11. The number of thiophene rings is 1. The molecule has 2 aromatic rings. The van der Waals surface area contributed by atoms with Gasteiger partial charge in [-0.2, -0.15) is 0 Å². The molecule has 3 rings (SSSR count). The maximum atomic E-state index is 12.1. The third-order valence-electron chi connectivity index (χ3n) is 3.51. The van der Waals surface area contributed by atoms with E-state index in [-0.39, 0.29) is 18.4 Å². The fourth-order valence-corrected chi connectivity index (χ4v) is 3.58. The Labute approximate surface area is 143 Å². The SMILES string of the molecule is O=C1CN(C(=O)C=Cc2ccc(-c3ccccc3Cl)s2)CCN1. The van der Waals surface area contributed by atoms with Gasteiger partial charge in [0.15, 0.2) is 0 Å². The smallest absolute Gasteiger partial charge is 0.247 e. The van der Waals surface area contributed by atoms with Gasteiger partial charge >= 0.3 is 0 Å². The van der Waals surface area contributed by atoms with Gasteiger partial charge in [0.2, 0.25) is 11.8 Å². The topological polar surface area (TPSA) is 49.4 Å². The number of hydrogen-bond donors (Lipinski definition) is 1. The number of amides is 2. The van der Waals surface area contributed by atoms with Gasteiger partial charge in [0.1, 0.15) is 0 Å². The molecule has 1 aromatic heterocycles. The van der Waals surface area contributed by atoms with Crippen molar-refractivity contribution in [1.82, 2.24) is 10.2 Å². The predicted molar refractivity (Wildman–Crippen MR) is 93.4 cm³/mol. The summed E-state index contributed by atoms with van der Waals surface area (Å²) in [6.45, 7) is 1.18. The van der Waals surface area contributed by atoms with Crippen LogP contribution in [-0.2, 0) is 9.59 Å². The number of rotatable bonds is 3. The lowest BCUT2D eigenvalue weighted by Crippen LogP contribution is -2.49. The molecule has 0 spiro atoms. The Kier molecular flexibility index (Phi) is 4.79. The maximum absolute atomic E-state index is 12.1. The molecule has 0 bridgehead atoms. The monoisotopic (exact) mass is 346 g/mol. The molecule has 0 atom stereocenters. The van der Waals surface area contributed by atoms with Gasteiger partial charge in [-0.3, -0.25) is 9.59 Å². The van der Waals surface area contributed by atoms with Crippen LogP contribution in [0.25, 0.3) is 16.5 Å². The van der Waals surface area contributed by atoms with Gasteiger partial charge in [-0.05, 0) is 24.3 Å². The summed E-state index contributed by atoms with van der Waals surface area (Å²) in [6.07, 6.45) is 3.29. The summed E-state index contributed by atoms with van der Waals surface area (Å²) in [7, 11) is 0. The van der Waals surface area contributed by atoms with E-state index in [0.29, 0.717) is 18.1 Å². The number of nitrogens with one attached hydrogen (secondary N) is 1. The number of benzene rings is 1. The Morgan fingerprint density at radius 2 is 2.09 bits per heavy atom. The summed E-state index contributed by atoms with van der Waals surface area (Å²) >= 11 is 7.77. The first-order valence-electron chi connectivity index (χ1n) is 7.22. The average molecular weight is 347 g/mol. The summed E-state index contributed by atoms with van der Waals surface area (Å²) in [4.78, 5) is 27.0. The van der Waals surface area contributed by atoms with Crippen molar-refractivity contribution in [3.05, 3.63) is 52.4 Å². The van der Waals surface area contributed by atoms with E-state index >= 15 is 0 Å². The lowest BCUT2D eigenvalue weighted by Gasteiger charge is -2.25. The second-order valence-electron chi connectivity index (χ2n) is 5.12. The highest BCUT2D eigenvalue weighted by Gasteiger charge is 2.19. The zero-order valence-electron chi connectivity index (χ0n) is 12.3. The summed E-state index contributed by atoms with van der Waals surface area (Å²) < 4.78 is 0. The van der Waals surface area contributed by atoms with Crippen molar-refractivity contribution < 1.29 is 9.59 Å². The van der Waals surface area contributed by atoms with Gasteiger partial charge in [-0.1, -0.05) is 29.8 Å². The molecule has 0 aliphatic carbocycles. The Morgan fingerprint density at radius 3 is 2.87 bits per heavy atom. The van der Waals surface area contributed by atoms with Gasteiger partial charge in [-0.25, -0.2) is 0 Å². The lowest BCUT2D eigenvalue weighted by molar-refractivity contribution is -0.134. The van der Waals surface area contributed by atoms with Gasteiger partial charge in [0.25, 0.3) is 0 Å². The summed E-state index contributed by atoms with van der Waals surface area (Å²) in [5, 5.41) is 3.41. The van der Waals surface area contributed by atoms with Gasteiger partial charge < -0.3 is 10.2 Å². The number of carbonyl (C=O) groups excluding carboxylic acids is 2. The van der Waals surface area contributed by atoms with Crippen LogP contribution in [0.4, 0.5) is 0 Å². The van der Waals surface area contributed by atoms with E-state index in [4.69, 9.17) is 11.6 Å². The van der Waals surface area contributed by atoms with E-state index in [0.717, 1.165) is 15.3 Å². The molecule has 2 amide bonds. The number of piperazine rings is 1. The molecule has 1 N–H and O–H groups in total. The third-order valence-corrected chi connectivity index (χ3v) is 4.92. The summed E-state index contributed by atoms with van der Waals surface area (Å²) in [6, 6.07) is 11.6. The molecule has 1 aliphatic rings. The molecule has 0 radical (unpaired) electrons. The number of hydrogen-bond acceptors (Lipinski definition) is 3. The number of carbonyl (C=O) groups is 2. The highest BCUT2D eigenvalue weighted by atomic mass is 35.5. The molecule has 0 unspecified atom stereocenters. The highest BCUT2D eigenvalue weighted by molar-refractivity contribution is 7.16. The molecule has 23 heavy (non-hydrogen) atoms. The second-order valence-corrected chi connectivity index (χ2v) is 6.65. The molecule has 1 saturated heterocycles. The molecule has 0 saturated carbocycles. The molecular weight excluding hydrogens is 332 g/mol. The minimum atomic E-state index is -0.146. The van der Waals surface area contributed by atoms with Crippen LogP contribution in [0.15, 0.2) is 42.5 Å². The van der Waals surface area contributed by atoms with Crippen molar-refractivity contribution in [3.8, 4) is 10.4 Å². The van der Waals surface area contributed by atoms with Gasteiger partial charge in [0, 0.05) is 39.5 Å². The molecular formula is C17H15ClN2O2S. The Morgan fingerprint density at radius 1 is 1.26 bits per heavy atom. The normalized spacial score (nSPS) is 15.0. The van der Waals surface area contributed by atoms with Crippen molar-refractivity contribution in [2.24, 2.45) is 0 Å². The summed E-state index contributed by atoms with van der Waals surface area (Å²) in [5.41, 5.74) is 0.984. The lowest BCUT2D eigenvalue weighted by atomic mass is 10.2. The zero-order valence-corrected chi connectivity index (χ0v) is 13.9. The van der Waals surface area contributed by atoms with Crippen molar-refractivity contribution in [2.45, 2.75) is 0 Å². The minimum Gasteiger partial charge on any atom is -0.353 e. The minimum absolute atomic E-state index is 0.116. The van der Waals surface area contributed by atoms with Gasteiger partial charge in [-0.15, -0.1) is 11.3 Å². The molecule has 1 aromatic carbocycles. The molecule has 1 aliphatic heterocycles. The van der Waals surface area contributed by atoms with E-state index in [2.05, 4.69) is 5.32 Å². The van der Waals surface area contributed by atoms with Crippen LogP contribution in [0.2, 0.25) is 5.02 Å². The largest absolute Gasteiger partial charge is 0.353 e. The molecule has 6 heteroatoms. The Bertz CT molecular complexity index is 769. The van der Waals surface area contributed by atoms with Crippen molar-refractivity contribution in [1.29, 1.82) is 0 Å². The van der Waals surface area contributed by atoms with Crippen molar-refractivity contribution >= 4 is 40.8 Å². The Balaban J connectivity index is 1.70. The van der Waals surface area contributed by atoms with E-state index in [1.807, 2.05) is 36.4 Å². The fraction of sp³-hybridized carbons (Fsp3) is 0.176. The molecule has 2 heterocycles. The number of halogens is 1. The van der Waals surface area contributed by atoms with Crippen LogP contribution in [0.3, 0.4) is 0 Å². The standard InChI is InChI=1S/C17H15ClN2O2S/c18-14-4-2-1-3-13(14)15-7-5-12(23-15)6-8-17(22)20-10-9-19-16(21)11-20/h1-8H,9-11H2,(H,19,21). The number of nitrogens with zero attached hydrogens (tertiary/aromatic N) is 1. The van der Waals surface area contributed by atoms with E-state index in [1.165, 1.54) is 11.0 Å². The molecule has 118 valence electrons. The first-order chi connectivity index (χ1) is 11.1. The molecule has 1 fully saturated rings. The highest BCUT2D eigenvalue weighted by Crippen LogP contribution is 2.33.